The van der Waals surface area contributed by atoms with E-state index in [9.17, 15) is 4.79 Å². The summed E-state index contributed by atoms with van der Waals surface area (Å²) in [5, 5.41) is 3.23. The zero-order valence-corrected chi connectivity index (χ0v) is 8.60. The van der Waals surface area contributed by atoms with Gasteiger partial charge in [0.15, 0.2) is 0 Å². The Morgan fingerprint density at radius 2 is 2.23 bits per heavy atom. The van der Waals surface area contributed by atoms with E-state index in [1.807, 2.05) is 0 Å². The first-order valence-electron chi connectivity index (χ1n) is 4.64. The van der Waals surface area contributed by atoms with Gasteiger partial charge in [-0.05, 0) is 31.2 Å². The molecule has 1 saturated carbocycles. The fourth-order valence-corrected chi connectivity index (χ4v) is 2.57. The number of carbonyl (C=O) groups is 1. The fraction of sp³-hybridized carbons (Fsp3) is 0.889. The van der Waals surface area contributed by atoms with Gasteiger partial charge in [0.2, 0.25) is 0 Å². The SMILES string of the molecule is COC(=O)[C@@H]1NC[C@@H]2CCC[C@@H]21.Cl. The van der Waals surface area contributed by atoms with Crippen molar-refractivity contribution < 1.29 is 9.53 Å². The van der Waals surface area contributed by atoms with Gasteiger partial charge < -0.3 is 10.1 Å². The number of methoxy groups -OCH3 is 1. The van der Waals surface area contributed by atoms with Crippen molar-refractivity contribution in [3.63, 3.8) is 0 Å². The van der Waals surface area contributed by atoms with Crippen molar-refractivity contribution in [1.82, 2.24) is 5.32 Å². The molecular weight excluding hydrogens is 190 g/mol. The van der Waals surface area contributed by atoms with Gasteiger partial charge >= 0.3 is 5.97 Å². The zero-order chi connectivity index (χ0) is 8.55. The zero-order valence-electron chi connectivity index (χ0n) is 7.79. The van der Waals surface area contributed by atoms with Crippen LogP contribution in [0.2, 0.25) is 0 Å². The van der Waals surface area contributed by atoms with Crippen LogP contribution in [0.3, 0.4) is 0 Å². The van der Waals surface area contributed by atoms with Gasteiger partial charge in [0, 0.05) is 0 Å². The maximum Gasteiger partial charge on any atom is 0.323 e. The minimum absolute atomic E-state index is 0. The second-order valence-corrected chi connectivity index (χ2v) is 3.76. The van der Waals surface area contributed by atoms with Gasteiger partial charge in [-0.15, -0.1) is 12.4 Å². The molecule has 3 nitrogen and oxygen atoms in total. The number of ether oxygens (including phenoxy) is 1. The Bertz CT molecular complexity index is 198. The van der Waals surface area contributed by atoms with E-state index in [0.29, 0.717) is 5.92 Å². The van der Waals surface area contributed by atoms with Crippen molar-refractivity contribution in [3.05, 3.63) is 0 Å². The van der Waals surface area contributed by atoms with Crippen molar-refractivity contribution in [1.29, 1.82) is 0 Å². The summed E-state index contributed by atoms with van der Waals surface area (Å²) in [5.74, 6) is 1.20. The number of carbonyl (C=O) groups excluding carboxylic acids is 1. The van der Waals surface area contributed by atoms with Crippen LogP contribution in [0.1, 0.15) is 19.3 Å². The summed E-state index contributed by atoms with van der Waals surface area (Å²) in [4.78, 5) is 11.3. The van der Waals surface area contributed by atoms with Crippen LogP contribution in [0.15, 0.2) is 0 Å². The fourth-order valence-electron chi connectivity index (χ4n) is 2.57. The van der Waals surface area contributed by atoms with Gasteiger partial charge in [-0.25, -0.2) is 0 Å². The largest absolute Gasteiger partial charge is 0.468 e. The average Bonchev–Trinajstić information content (AvgIpc) is 2.62. The number of hydrogen-bond donors (Lipinski definition) is 1. The summed E-state index contributed by atoms with van der Waals surface area (Å²) in [6.07, 6.45) is 3.76. The Hall–Kier alpha value is -0.280. The molecule has 0 unspecified atom stereocenters. The third kappa shape index (κ3) is 1.81. The molecule has 1 saturated heterocycles. The summed E-state index contributed by atoms with van der Waals surface area (Å²) in [6.45, 7) is 1.00. The second-order valence-electron chi connectivity index (χ2n) is 3.76. The maximum atomic E-state index is 11.3. The lowest BCUT2D eigenvalue weighted by Crippen LogP contribution is -2.36. The lowest BCUT2D eigenvalue weighted by atomic mass is 9.94. The Kier molecular flexibility index (Phi) is 3.56. The van der Waals surface area contributed by atoms with E-state index in [1.165, 1.54) is 26.4 Å². The van der Waals surface area contributed by atoms with E-state index in [4.69, 9.17) is 4.74 Å². The quantitative estimate of drug-likeness (QED) is 0.649. The van der Waals surface area contributed by atoms with Crippen LogP contribution in [0.4, 0.5) is 0 Å². The van der Waals surface area contributed by atoms with Gasteiger partial charge in [-0.1, -0.05) is 6.42 Å². The molecule has 1 N–H and O–H groups in total. The third-order valence-electron chi connectivity index (χ3n) is 3.20. The van der Waals surface area contributed by atoms with Gasteiger partial charge in [-0.3, -0.25) is 4.79 Å². The van der Waals surface area contributed by atoms with Crippen molar-refractivity contribution in [3.8, 4) is 0 Å². The number of rotatable bonds is 1. The van der Waals surface area contributed by atoms with Gasteiger partial charge in [0.05, 0.1) is 7.11 Å². The topological polar surface area (TPSA) is 38.3 Å². The van der Waals surface area contributed by atoms with E-state index in [0.717, 1.165) is 12.5 Å². The highest BCUT2D eigenvalue weighted by molar-refractivity contribution is 5.85. The van der Waals surface area contributed by atoms with Crippen LogP contribution in [0.25, 0.3) is 0 Å². The summed E-state index contributed by atoms with van der Waals surface area (Å²) in [5.41, 5.74) is 0. The minimum atomic E-state index is -0.0793. The first-order valence-corrected chi connectivity index (χ1v) is 4.64. The van der Waals surface area contributed by atoms with Crippen LogP contribution >= 0.6 is 12.4 Å². The Labute approximate surface area is 84.6 Å². The molecule has 0 aromatic heterocycles. The molecule has 2 aliphatic rings. The summed E-state index contributed by atoms with van der Waals surface area (Å²) < 4.78 is 4.74. The molecule has 1 aliphatic carbocycles. The van der Waals surface area contributed by atoms with Crippen LogP contribution in [0.5, 0.6) is 0 Å². The summed E-state index contributed by atoms with van der Waals surface area (Å²) >= 11 is 0. The highest BCUT2D eigenvalue weighted by atomic mass is 35.5. The van der Waals surface area contributed by atoms with Crippen molar-refractivity contribution >= 4 is 18.4 Å². The lowest BCUT2D eigenvalue weighted by Gasteiger charge is -2.14. The predicted molar refractivity (Wildman–Crippen MR) is 51.9 cm³/mol. The van der Waals surface area contributed by atoms with Crippen molar-refractivity contribution in [2.45, 2.75) is 25.3 Å². The molecule has 1 aliphatic heterocycles. The molecule has 2 fully saturated rings. The predicted octanol–water partition coefficient (Wildman–Crippen LogP) is 0.969. The first kappa shape index (κ1) is 10.8. The Balaban J connectivity index is 0.000000845. The molecule has 0 radical (unpaired) electrons. The van der Waals surface area contributed by atoms with Crippen LogP contribution in [0, 0.1) is 11.8 Å². The highest BCUT2D eigenvalue weighted by Gasteiger charge is 2.42. The van der Waals surface area contributed by atoms with E-state index in [-0.39, 0.29) is 24.4 Å². The number of esters is 1. The normalized spacial score (nSPS) is 36.5. The molecule has 4 heteroatoms. The first-order chi connectivity index (χ1) is 5.83. The third-order valence-corrected chi connectivity index (χ3v) is 3.20. The molecule has 13 heavy (non-hydrogen) atoms. The van der Waals surface area contributed by atoms with Gasteiger partial charge in [0.25, 0.3) is 0 Å². The molecule has 0 amide bonds. The lowest BCUT2D eigenvalue weighted by molar-refractivity contribution is -0.143. The summed E-state index contributed by atoms with van der Waals surface area (Å²) in [6, 6.07) is -0.0116. The minimum Gasteiger partial charge on any atom is -0.468 e. The summed E-state index contributed by atoms with van der Waals surface area (Å²) in [7, 11) is 1.46. The second kappa shape index (κ2) is 4.29. The molecule has 0 bridgehead atoms. The van der Waals surface area contributed by atoms with Crippen LogP contribution in [-0.4, -0.2) is 25.7 Å². The van der Waals surface area contributed by atoms with E-state index < -0.39 is 0 Å². The molecule has 0 spiro atoms. The number of nitrogens with one attached hydrogen (secondary N) is 1. The van der Waals surface area contributed by atoms with E-state index >= 15 is 0 Å². The van der Waals surface area contributed by atoms with Crippen LogP contribution in [-0.2, 0) is 9.53 Å². The molecule has 1 heterocycles. The molecule has 2 rings (SSSR count). The van der Waals surface area contributed by atoms with E-state index in [1.54, 1.807) is 0 Å². The van der Waals surface area contributed by atoms with Crippen LogP contribution < -0.4 is 5.32 Å². The monoisotopic (exact) mass is 205 g/mol. The van der Waals surface area contributed by atoms with Gasteiger partial charge in [0.1, 0.15) is 6.04 Å². The maximum absolute atomic E-state index is 11.3. The van der Waals surface area contributed by atoms with Crippen molar-refractivity contribution in [2.75, 3.05) is 13.7 Å². The van der Waals surface area contributed by atoms with E-state index in [2.05, 4.69) is 5.32 Å². The highest BCUT2D eigenvalue weighted by Crippen LogP contribution is 2.37. The molecule has 76 valence electrons. The molecule has 0 aromatic carbocycles. The van der Waals surface area contributed by atoms with Crippen molar-refractivity contribution in [2.24, 2.45) is 11.8 Å². The van der Waals surface area contributed by atoms with Gasteiger partial charge in [-0.2, -0.15) is 0 Å². The number of fused-ring (bicyclic) bond motifs is 1. The Morgan fingerprint density at radius 3 is 2.92 bits per heavy atom. The average molecular weight is 206 g/mol. The standard InChI is InChI=1S/C9H15NO2.ClH/c1-12-9(11)8-7-4-2-3-6(7)5-10-8;/h6-8,10H,2-5H2,1H3;1H/t6-,7-,8+;/m0./s1. The number of hydrogen-bond acceptors (Lipinski definition) is 3. The number of halogens is 1. The molecule has 3 atom stereocenters. The molecular formula is C9H16ClNO2. The molecule has 0 aromatic rings. The Morgan fingerprint density at radius 1 is 1.46 bits per heavy atom. The smallest absolute Gasteiger partial charge is 0.323 e.